The quantitative estimate of drug-likeness (QED) is 0.184. The normalized spacial score (nSPS) is 12.3. The molecule has 1 aromatic heterocycles. The van der Waals surface area contributed by atoms with Gasteiger partial charge in [0.2, 0.25) is 5.95 Å². The summed E-state index contributed by atoms with van der Waals surface area (Å²) in [7, 11) is 0. The average Bonchev–Trinajstić information content (AvgIpc) is 2.98. The SMILES string of the molecule is CCCC(COC(=O)CC)Oc1ccc(-c2nc(N)nc(-c3ccc(OC(CCC)COC(=O)CC)cc3O)n2)c(O)c1. The topological polar surface area (TPSA) is 176 Å². The van der Waals surface area contributed by atoms with Crippen molar-refractivity contribution < 1.29 is 38.7 Å². The lowest BCUT2D eigenvalue weighted by atomic mass is 10.1. The first-order valence-corrected chi connectivity index (χ1v) is 14.5. The molecular formula is C31H40N4O8. The Hall–Kier alpha value is -4.61. The lowest BCUT2D eigenvalue weighted by Gasteiger charge is -2.19. The van der Waals surface area contributed by atoms with Crippen LogP contribution in [0, 0.1) is 0 Å². The van der Waals surface area contributed by atoms with Crippen molar-refractivity contribution in [3.05, 3.63) is 36.4 Å². The molecule has 3 rings (SSSR count). The Kier molecular flexibility index (Phi) is 12.3. The summed E-state index contributed by atoms with van der Waals surface area (Å²) in [4.78, 5) is 35.9. The summed E-state index contributed by atoms with van der Waals surface area (Å²) >= 11 is 0. The fraction of sp³-hybridized carbons (Fsp3) is 0.452. The number of phenols is 2. The number of nitrogens with zero attached hydrogens (tertiary/aromatic N) is 3. The molecule has 0 radical (unpaired) electrons. The molecule has 0 aliphatic rings. The van der Waals surface area contributed by atoms with Crippen LogP contribution >= 0.6 is 0 Å². The van der Waals surface area contributed by atoms with Crippen LogP contribution in [0.25, 0.3) is 22.8 Å². The average molecular weight is 597 g/mol. The van der Waals surface area contributed by atoms with Crippen LogP contribution in [0.1, 0.15) is 66.2 Å². The molecule has 0 aliphatic heterocycles. The van der Waals surface area contributed by atoms with Crippen LogP contribution in [0.15, 0.2) is 36.4 Å². The van der Waals surface area contributed by atoms with E-state index in [9.17, 15) is 19.8 Å². The van der Waals surface area contributed by atoms with E-state index in [1.54, 1.807) is 38.1 Å². The molecule has 0 saturated heterocycles. The molecular weight excluding hydrogens is 556 g/mol. The number of hydrogen-bond acceptors (Lipinski definition) is 12. The Balaban J connectivity index is 1.80. The van der Waals surface area contributed by atoms with Crippen LogP contribution < -0.4 is 15.2 Å². The van der Waals surface area contributed by atoms with Gasteiger partial charge in [-0.15, -0.1) is 0 Å². The third-order valence-corrected chi connectivity index (χ3v) is 6.34. The van der Waals surface area contributed by atoms with Crippen molar-refractivity contribution in [1.82, 2.24) is 15.0 Å². The molecule has 0 aliphatic carbocycles. The van der Waals surface area contributed by atoms with Crippen molar-refractivity contribution in [3.63, 3.8) is 0 Å². The van der Waals surface area contributed by atoms with Crippen LogP contribution in [-0.4, -0.2) is 62.5 Å². The Labute approximate surface area is 251 Å². The molecule has 43 heavy (non-hydrogen) atoms. The van der Waals surface area contributed by atoms with Gasteiger partial charge in [-0.1, -0.05) is 40.5 Å². The Morgan fingerprint density at radius 3 is 1.49 bits per heavy atom. The van der Waals surface area contributed by atoms with Crippen molar-refractivity contribution in [1.29, 1.82) is 0 Å². The number of aromatic nitrogens is 3. The molecule has 12 heteroatoms. The number of anilines is 1. The van der Waals surface area contributed by atoms with Crippen LogP contribution in [0.2, 0.25) is 0 Å². The highest BCUT2D eigenvalue weighted by Crippen LogP contribution is 2.35. The molecule has 4 N–H and O–H groups in total. The van der Waals surface area contributed by atoms with E-state index in [1.807, 2.05) is 13.8 Å². The summed E-state index contributed by atoms with van der Waals surface area (Å²) in [5.74, 6) is -0.0994. The van der Waals surface area contributed by atoms with Gasteiger partial charge in [0.15, 0.2) is 11.6 Å². The number of nitrogen functional groups attached to an aromatic ring is 1. The lowest BCUT2D eigenvalue weighted by Crippen LogP contribution is -2.24. The molecule has 1 heterocycles. The van der Waals surface area contributed by atoms with Crippen LogP contribution in [0.3, 0.4) is 0 Å². The van der Waals surface area contributed by atoms with E-state index in [4.69, 9.17) is 24.7 Å². The number of esters is 2. The van der Waals surface area contributed by atoms with Crippen molar-refractivity contribution in [3.8, 4) is 45.8 Å². The summed E-state index contributed by atoms with van der Waals surface area (Å²) in [5.41, 5.74) is 6.52. The lowest BCUT2D eigenvalue weighted by molar-refractivity contribution is -0.146. The van der Waals surface area contributed by atoms with Crippen LogP contribution in [0.4, 0.5) is 5.95 Å². The van der Waals surface area contributed by atoms with Gasteiger partial charge in [-0.25, -0.2) is 4.98 Å². The summed E-state index contributed by atoms with van der Waals surface area (Å²) < 4.78 is 22.4. The minimum Gasteiger partial charge on any atom is -0.507 e. The van der Waals surface area contributed by atoms with Gasteiger partial charge in [-0.3, -0.25) is 9.59 Å². The van der Waals surface area contributed by atoms with Gasteiger partial charge in [0.05, 0.1) is 11.1 Å². The maximum Gasteiger partial charge on any atom is 0.305 e. The van der Waals surface area contributed by atoms with Gasteiger partial charge >= 0.3 is 11.9 Å². The summed E-state index contributed by atoms with van der Waals surface area (Å²) in [6, 6.07) is 9.31. The molecule has 0 fully saturated rings. The zero-order chi connectivity index (χ0) is 31.4. The highest BCUT2D eigenvalue weighted by atomic mass is 16.6. The predicted octanol–water partition coefficient (Wildman–Crippen LogP) is 5.20. The number of nitrogens with two attached hydrogens (primary N) is 1. The number of ether oxygens (including phenoxy) is 4. The number of carbonyl (C=O) groups is 2. The van der Waals surface area contributed by atoms with E-state index in [0.29, 0.717) is 24.3 Å². The molecule has 0 bridgehead atoms. The van der Waals surface area contributed by atoms with E-state index >= 15 is 0 Å². The zero-order valence-electron chi connectivity index (χ0n) is 25.0. The molecule has 2 aromatic carbocycles. The highest BCUT2D eigenvalue weighted by Gasteiger charge is 2.19. The third kappa shape index (κ3) is 9.73. The molecule has 2 unspecified atom stereocenters. The van der Waals surface area contributed by atoms with Gasteiger partial charge in [-0.2, -0.15) is 9.97 Å². The molecule has 0 saturated carbocycles. The fourth-order valence-corrected chi connectivity index (χ4v) is 4.14. The highest BCUT2D eigenvalue weighted by molar-refractivity contribution is 5.71. The maximum absolute atomic E-state index is 11.6. The predicted molar refractivity (Wildman–Crippen MR) is 160 cm³/mol. The summed E-state index contributed by atoms with van der Waals surface area (Å²) in [5, 5.41) is 21.6. The van der Waals surface area contributed by atoms with Gasteiger partial charge < -0.3 is 34.9 Å². The second-order valence-corrected chi connectivity index (χ2v) is 9.83. The Morgan fingerprint density at radius 2 is 1.14 bits per heavy atom. The van der Waals surface area contributed by atoms with Gasteiger partial charge in [0, 0.05) is 25.0 Å². The van der Waals surface area contributed by atoms with E-state index in [2.05, 4.69) is 15.0 Å². The Bertz CT molecular complexity index is 1280. The largest absolute Gasteiger partial charge is 0.507 e. The molecule has 0 spiro atoms. The van der Waals surface area contributed by atoms with E-state index in [-0.39, 0.29) is 90.4 Å². The standard InChI is InChI=1S/C31H40N4O8/c1-5-9-21(17-40-27(38)7-3)42-19-11-13-23(25(36)15-19)29-33-30(35-31(32)34-29)24-14-12-20(16-26(24)37)43-22(10-6-2)18-41-28(39)8-4/h11-16,21-22,36-37H,5-10,17-18H2,1-4H3,(H2,32,33,34,35). The first-order chi connectivity index (χ1) is 20.7. The van der Waals surface area contributed by atoms with E-state index in [1.165, 1.54) is 12.1 Å². The summed E-state index contributed by atoms with van der Waals surface area (Å²) in [6.45, 7) is 7.65. The second kappa shape index (κ2) is 16.1. The maximum atomic E-state index is 11.6. The number of aromatic hydroxyl groups is 2. The Morgan fingerprint density at radius 1 is 0.721 bits per heavy atom. The third-order valence-electron chi connectivity index (χ3n) is 6.34. The van der Waals surface area contributed by atoms with Gasteiger partial charge in [-0.05, 0) is 37.1 Å². The van der Waals surface area contributed by atoms with Crippen LogP contribution in [-0.2, 0) is 19.1 Å². The number of benzene rings is 2. The number of hydrogen-bond donors (Lipinski definition) is 3. The van der Waals surface area contributed by atoms with Gasteiger partial charge in [0.25, 0.3) is 0 Å². The van der Waals surface area contributed by atoms with E-state index < -0.39 is 0 Å². The number of phenolic OH excluding ortho intramolecular Hbond substituents is 2. The van der Waals surface area contributed by atoms with Crippen molar-refractivity contribution in [2.24, 2.45) is 0 Å². The van der Waals surface area contributed by atoms with Crippen LogP contribution in [0.5, 0.6) is 23.0 Å². The monoisotopic (exact) mass is 596 g/mol. The fourth-order valence-electron chi connectivity index (χ4n) is 4.14. The minimum absolute atomic E-state index is 0.0917. The van der Waals surface area contributed by atoms with Gasteiger partial charge in [0.1, 0.15) is 48.4 Å². The molecule has 12 nitrogen and oxygen atoms in total. The second-order valence-electron chi connectivity index (χ2n) is 9.83. The number of rotatable bonds is 16. The molecule has 232 valence electrons. The first-order valence-electron chi connectivity index (χ1n) is 14.5. The minimum atomic E-state index is -0.372. The smallest absolute Gasteiger partial charge is 0.305 e. The molecule has 0 amide bonds. The van der Waals surface area contributed by atoms with E-state index in [0.717, 1.165) is 12.8 Å². The number of carbonyl (C=O) groups excluding carboxylic acids is 2. The summed E-state index contributed by atoms with van der Waals surface area (Å²) in [6.07, 6.45) is 2.76. The molecule has 2 atom stereocenters. The first kappa shape index (κ1) is 32.9. The zero-order valence-corrected chi connectivity index (χ0v) is 25.0. The van der Waals surface area contributed by atoms with Crippen molar-refractivity contribution >= 4 is 17.9 Å². The van der Waals surface area contributed by atoms with Crippen molar-refractivity contribution in [2.45, 2.75) is 78.4 Å². The molecule has 3 aromatic rings. The van der Waals surface area contributed by atoms with Crippen molar-refractivity contribution in [2.75, 3.05) is 18.9 Å².